The maximum Gasteiger partial charge on any atom is 0.293 e. The van der Waals surface area contributed by atoms with Gasteiger partial charge in [-0.2, -0.15) is 8.87 Å². The number of aryl methyl sites for hydroxylation is 1. The summed E-state index contributed by atoms with van der Waals surface area (Å²) in [6.45, 7) is 5.42. The highest BCUT2D eigenvalue weighted by molar-refractivity contribution is 7.89. The Morgan fingerprint density at radius 1 is 1.14 bits per heavy atom. The highest BCUT2D eigenvalue weighted by Gasteiger charge is 2.26. The van der Waals surface area contributed by atoms with E-state index in [1.807, 2.05) is 36.0 Å². The van der Waals surface area contributed by atoms with Crippen molar-refractivity contribution in [2.75, 3.05) is 31.6 Å². The number of carbonyl (C=O) groups excluding carboxylic acids is 1. The quantitative estimate of drug-likeness (QED) is 0.744. The fourth-order valence-electron chi connectivity index (χ4n) is 2.99. The van der Waals surface area contributed by atoms with E-state index in [0.29, 0.717) is 32.0 Å². The van der Waals surface area contributed by atoms with E-state index in [-0.39, 0.29) is 16.8 Å². The predicted octanol–water partition coefficient (Wildman–Crippen LogP) is 1.76. The Hall–Kier alpha value is -2.29. The molecule has 0 aliphatic carbocycles. The SMILES string of the molecule is CCc1cc[n+]([C@@H](C)C(=O)Nc2ccc(S(=O)(=O)N3CCOCC3)cc2)cc1. The van der Waals surface area contributed by atoms with Crippen molar-refractivity contribution in [1.29, 1.82) is 0 Å². The van der Waals surface area contributed by atoms with Gasteiger partial charge in [-0.15, -0.1) is 0 Å². The highest BCUT2D eigenvalue weighted by Crippen LogP contribution is 2.19. The number of hydrogen-bond donors (Lipinski definition) is 1. The first-order chi connectivity index (χ1) is 13.4. The zero-order valence-corrected chi connectivity index (χ0v) is 17.0. The Kier molecular flexibility index (Phi) is 6.43. The van der Waals surface area contributed by atoms with Gasteiger partial charge in [0.1, 0.15) is 0 Å². The number of rotatable bonds is 6. The zero-order valence-electron chi connectivity index (χ0n) is 16.2. The Bertz CT molecular complexity index is 905. The Morgan fingerprint density at radius 3 is 2.32 bits per heavy atom. The molecular weight excluding hydrogens is 378 g/mol. The van der Waals surface area contributed by atoms with Crippen LogP contribution in [0.15, 0.2) is 53.7 Å². The van der Waals surface area contributed by atoms with Crippen molar-refractivity contribution in [2.45, 2.75) is 31.2 Å². The highest BCUT2D eigenvalue weighted by atomic mass is 32.2. The van der Waals surface area contributed by atoms with Crippen LogP contribution in [0.2, 0.25) is 0 Å². The number of sulfonamides is 1. The van der Waals surface area contributed by atoms with Gasteiger partial charge in [-0.1, -0.05) is 6.92 Å². The van der Waals surface area contributed by atoms with Gasteiger partial charge in [0.05, 0.1) is 18.1 Å². The Balaban J connectivity index is 1.66. The molecule has 1 aromatic carbocycles. The molecule has 8 heteroatoms. The first kappa shape index (κ1) is 20.4. The molecule has 1 atom stereocenters. The molecule has 28 heavy (non-hydrogen) atoms. The molecule has 0 bridgehead atoms. The number of nitrogens with one attached hydrogen (secondary N) is 1. The minimum atomic E-state index is -3.54. The van der Waals surface area contributed by atoms with E-state index in [1.54, 1.807) is 12.1 Å². The number of amides is 1. The lowest BCUT2D eigenvalue weighted by Gasteiger charge is -2.26. The molecule has 0 spiro atoms. The van der Waals surface area contributed by atoms with Crippen LogP contribution in [0.5, 0.6) is 0 Å². The van der Waals surface area contributed by atoms with E-state index in [2.05, 4.69) is 12.2 Å². The normalized spacial score (nSPS) is 16.5. The third kappa shape index (κ3) is 4.57. The Labute approximate surface area is 166 Å². The number of benzene rings is 1. The second-order valence-electron chi connectivity index (χ2n) is 6.71. The molecule has 3 rings (SSSR count). The van der Waals surface area contributed by atoms with Crippen molar-refractivity contribution in [3.63, 3.8) is 0 Å². The summed E-state index contributed by atoms with van der Waals surface area (Å²) in [7, 11) is -3.54. The number of ether oxygens (including phenoxy) is 1. The molecule has 1 N–H and O–H groups in total. The van der Waals surface area contributed by atoms with Gasteiger partial charge in [-0.25, -0.2) is 8.42 Å². The van der Waals surface area contributed by atoms with Gasteiger partial charge in [0.25, 0.3) is 5.91 Å². The third-order valence-corrected chi connectivity index (χ3v) is 6.80. The van der Waals surface area contributed by atoms with E-state index in [9.17, 15) is 13.2 Å². The van der Waals surface area contributed by atoms with E-state index in [0.717, 1.165) is 6.42 Å². The average molecular weight is 405 g/mol. The van der Waals surface area contributed by atoms with E-state index < -0.39 is 10.0 Å². The predicted molar refractivity (Wildman–Crippen MR) is 105 cm³/mol. The van der Waals surface area contributed by atoms with Crippen molar-refractivity contribution >= 4 is 21.6 Å². The molecule has 2 aromatic rings. The number of aromatic nitrogens is 1. The fraction of sp³-hybridized carbons (Fsp3) is 0.400. The van der Waals surface area contributed by atoms with Crippen molar-refractivity contribution in [3.8, 4) is 0 Å². The molecule has 1 fully saturated rings. The third-order valence-electron chi connectivity index (χ3n) is 4.89. The summed E-state index contributed by atoms with van der Waals surface area (Å²) in [6.07, 6.45) is 4.73. The maximum absolute atomic E-state index is 12.6. The van der Waals surface area contributed by atoms with Crippen LogP contribution in [-0.2, 0) is 26.0 Å². The lowest BCUT2D eigenvalue weighted by molar-refractivity contribution is -0.705. The molecule has 1 saturated heterocycles. The summed E-state index contributed by atoms with van der Waals surface area (Å²) in [5, 5.41) is 2.84. The van der Waals surface area contributed by atoms with E-state index >= 15 is 0 Å². The fourth-order valence-corrected chi connectivity index (χ4v) is 4.40. The number of carbonyl (C=O) groups is 1. The van der Waals surface area contributed by atoms with Gasteiger partial charge < -0.3 is 10.1 Å². The van der Waals surface area contributed by atoms with Crippen LogP contribution in [0.4, 0.5) is 5.69 Å². The second kappa shape index (κ2) is 8.81. The van der Waals surface area contributed by atoms with E-state index in [4.69, 9.17) is 4.74 Å². The minimum Gasteiger partial charge on any atom is -0.379 e. The largest absolute Gasteiger partial charge is 0.379 e. The Morgan fingerprint density at radius 2 is 1.75 bits per heavy atom. The number of nitrogens with zero attached hydrogens (tertiary/aromatic N) is 2. The number of pyridine rings is 1. The van der Waals surface area contributed by atoms with Gasteiger partial charge in [-0.3, -0.25) is 4.79 Å². The number of hydrogen-bond acceptors (Lipinski definition) is 4. The molecular formula is C20H26N3O4S+. The molecule has 1 aromatic heterocycles. The summed E-state index contributed by atoms with van der Waals surface area (Å²) in [5.74, 6) is -0.168. The maximum atomic E-state index is 12.6. The molecule has 1 amide bonds. The number of anilines is 1. The summed E-state index contributed by atoms with van der Waals surface area (Å²) in [5.41, 5.74) is 1.77. The molecule has 0 saturated carbocycles. The molecule has 1 aliphatic heterocycles. The van der Waals surface area contributed by atoms with Crippen LogP contribution in [0.3, 0.4) is 0 Å². The van der Waals surface area contributed by atoms with Crippen molar-refractivity contribution < 1.29 is 22.5 Å². The average Bonchev–Trinajstić information content (AvgIpc) is 2.74. The lowest BCUT2D eigenvalue weighted by Crippen LogP contribution is -2.44. The monoisotopic (exact) mass is 404 g/mol. The molecule has 1 aliphatic rings. The second-order valence-corrected chi connectivity index (χ2v) is 8.65. The zero-order chi connectivity index (χ0) is 20.1. The van der Waals surface area contributed by atoms with Crippen LogP contribution in [0.1, 0.15) is 25.5 Å². The van der Waals surface area contributed by atoms with Gasteiger partial charge in [0.15, 0.2) is 12.4 Å². The molecule has 0 radical (unpaired) electrons. The summed E-state index contributed by atoms with van der Waals surface area (Å²) in [6, 6.07) is 9.88. The summed E-state index contributed by atoms with van der Waals surface area (Å²) < 4.78 is 33.8. The number of morpholine rings is 1. The summed E-state index contributed by atoms with van der Waals surface area (Å²) in [4.78, 5) is 12.7. The van der Waals surface area contributed by atoms with Crippen LogP contribution in [-0.4, -0.2) is 44.9 Å². The van der Waals surface area contributed by atoms with Crippen molar-refractivity contribution in [3.05, 3.63) is 54.4 Å². The smallest absolute Gasteiger partial charge is 0.293 e. The molecule has 7 nitrogen and oxygen atoms in total. The first-order valence-electron chi connectivity index (χ1n) is 9.40. The first-order valence-corrected chi connectivity index (χ1v) is 10.8. The van der Waals surface area contributed by atoms with E-state index in [1.165, 1.54) is 22.0 Å². The van der Waals surface area contributed by atoms with Crippen LogP contribution in [0.25, 0.3) is 0 Å². The van der Waals surface area contributed by atoms with Gasteiger partial charge in [0.2, 0.25) is 16.1 Å². The van der Waals surface area contributed by atoms with Crippen LogP contribution in [0, 0.1) is 0 Å². The topological polar surface area (TPSA) is 79.6 Å². The van der Waals surface area contributed by atoms with Gasteiger partial charge >= 0.3 is 0 Å². The van der Waals surface area contributed by atoms with Gasteiger partial charge in [0, 0.05) is 37.8 Å². The molecule has 150 valence electrons. The molecule has 0 unspecified atom stereocenters. The standard InChI is InChI=1S/C20H25N3O4S/c1-3-17-8-10-22(11-9-17)16(2)20(24)21-18-4-6-19(7-5-18)28(25,26)23-12-14-27-15-13-23/h4-11,16H,3,12-15H2,1-2H3/p+1/t16-/m0/s1. The lowest BCUT2D eigenvalue weighted by atomic mass is 10.2. The van der Waals surface area contributed by atoms with Crippen LogP contribution < -0.4 is 9.88 Å². The van der Waals surface area contributed by atoms with Crippen LogP contribution >= 0.6 is 0 Å². The minimum absolute atomic E-state index is 0.168. The van der Waals surface area contributed by atoms with Crippen molar-refractivity contribution in [2.24, 2.45) is 0 Å². The van der Waals surface area contributed by atoms with Gasteiger partial charge in [-0.05, 0) is 36.2 Å². The molecule has 2 heterocycles. The summed E-state index contributed by atoms with van der Waals surface area (Å²) >= 11 is 0. The van der Waals surface area contributed by atoms with Crippen molar-refractivity contribution in [1.82, 2.24) is 4.31 Å².